The van der Waals surface area contributed by atoms with E-state index in [1.165, 1.54) is 12.1 Å². The van der Waals surface area contributed by atoms with Gasteiger partial charge in [0.25, 0.3) is 9.05 Å². The summed E-state index contributed by atoms with van der Waals surface area (Å²) >= 11 is 0. The fourth-order valence-electron chi connectivity index (χ4n) is 1.28. The van der Waals surface area contributed by atoms with Crippen LogP contribution in [0.25, 0.3) is 0 Å². The molecule has 0 aliphatic heterocycles. The van der Waals surface area contributed by atoms with Gasteiger partial charge in [-0.25, -0.2) is 8.42 Å². The summed E-state index contributed by atoms with van der Waals surface area (Å²) in [5, 5.41) is 0. The first kappa shape index (κ1) is 8.72. The maximum absolute atomic E-state index is 11.0. The van der Waals surface area contributed by atoms with Crippen LogP contribution in [0.15, 0.2) is 23.1 Å². The maximum atomic E-state index is 11.0. The molecule has 0 radical (unpaired) electrons. The van der Waals surface area contributed by atoms with E-state index in [0.717, 1.165) is 5.56 Å². The number of halogens is 1. The van der Waals surface area contributed by atoms with Gasteiger partial charge in [-0.2, -0.15) is 0 Å². The number of hydrogen-bond acceptors (Lipinski definition) is 3. The second-order valence-corrected chi connectivity index (χ2v) is 5.42. The minimum absolute atomic E-state index is 0.0130. The predicted octanol–water partition coefficient (Wildman–Crippen LogP) is 1.35. The van der Waals surface area contributed by atoms with Gasteiger partial charge >= 0.3 is 0 Å². The average Bonchev–Trinajstić information content (AvgIpc) is 2.00. The average molecular weight is 217 g/mol. The highest BCUT2D eigenvalue weighted by molar-refractivity contribution is 8.13. The molecule has 0 saturated heterocycles. The summed E-state index contributed by atoms with van der Waals surface area (Å²) in [5.41, 5.74) is 1.36. The van der Waals surface area contributed by atoms with Crippen molar-refractivity contribution in [3.8, 4) is 0 Å². The molecule has 0 fully saturated rings. The highest BCUT2D eigenvalue weighted by atomic mass is 35.7. The van der Waals surface area contributed by atoms with Crippen LogP contribution in [-0.2, 0) is 15.5 Å². The molecule has 0 saturated carbocycles. The Bertz CT molecular complexity index is 490. The zero-order valence-electron chi connectivity index (χ0n) is 6.45. The van der Waals surface area contributed by atoms with E-state index in [4.69, 9.17) is 10.7 Å². The molecular weight excluding hydrogens is 212 g/mol. The van der Waals surface area contributed by atoms with Crippen LogP contribution in [0.3, 0.4) is 0 Å². The third-order valence-electron chi connectivity index (χ3n) is 2.01. The molecule has 0 unspecified atom stereocenters. The first-order valence-electron chi connectivity index (χ1n) is 3.59. The number of rotatable bonds is 1. The van der Waals surface area contributed by atoms with Crippen molar-refractivity contribution in [3.63, 3.8) is 0 Å². The number of fused-ring (bicyclic) bond motifs is 1. The van der Waals surface area contributed by atoms with Gasteiger partial charge in [-0.3, -0.25) is 4.79 Å². The molecule has 2 rings (SSSR count). The van der Waals surface area contributed by atoms with E-state index in [1.54, 1.807) is 6.07 Å². The molecule has 13 heavy (non-hydrogen) atoms. The van der Waals surface area contributed by atoms with Gasteiger partial charge in [0.15, 0.2) is 5.78 Å². The van der Waals surface area contributed by atoms with Crippen LogP contribution in [0.1, 0.15) is 15.9 Å². The molecule has 3 nitrogen and oxygen atoms in total. The van der Waals surface area contributed by atoms with Gasteiger partial charge in [-0.05, 0) is 17.7 Å². The molecule has 0 spiro atoms. The van der Waals surface area contributed by atoms with E-state index in [0.29, 0.717) is 12.0 Å². The Morgan fingerprint density at radius 2 is 2.00 bits per heavy atom. The molecule has 0 N–H and O–H groups in total. The van der Waals surface area contributed by atoms with Crippen LogP contribution in [-0.4, -0.2) is 14.2 Å². The summed E-state index contributed by atoms with van der Waals surface area (Å²) in [6.45, 7) is 0. The summed E-state index contributed by atoms with van der Waals surface area (Å²) in [6, 6.07) is 4.35. The summed E-state index contributed by atoms with van der Waals surface area (Å²) in [5.74, 6) is -0.0304. The van der Waals surface area contributed by atoms with Gasteiger partial charge in [-0.1, -0.05) is 6.07 Å². The third kappa shape index (κ3) is 1.36. The lowest BCUT2D eigenvalue weighted by atomic mass is 9.87. The molecule has 0 bridgehead atoms. The largest absolute Gasteiger partial charge is 0.294 e. The number of Topliss-reactive ketones (excluding diaryl/α,β-unsaturated/α-hetero) is 1. The van der Waals surface area contributed by atoms with Crippen molar-refractivity contribution < 1.29 is 13.2 Å². The van der Waals surface area contributed by atoms with Crippen LogP contribution < -0.4 is 0 Å². The van der Waals surface area contributed by atoms with E-state index in [9.17, 15) is 13.2 Å². The van der Waals surface area contributed by atoms with E-state index < -0.39 is 9.05 Å². The Labute approximate surface area is 79.7 Å². The highest BCUT2D eigenvalue weighted by Gasteiger charge is 2.25. The molecule has 5 heteroatoms. The minimum Gasteiger partial charge on any atom is -0.294 e. The smallest absolute Gasteiger partial charge is 0.261 e. The Hall–Kier alpha value is -0.870. The van der Waals surface area contributed by atoms with Crippen LogP contribution in [0, 0.1) is 0 Å². The van der Waals surface area contributed by atoms with E-state index in [-0.39, 0.29) is 10.7 Å². The standard InChI is InChI=1S/C8H5ClO3S/c9-13(11,12)6-2-1-5-3-8(10)7(5)4-6/h1-2,4H,3H2. The van der Waals surface area contributed by atoms with Crippen molar-refractivity contribution in [2.24, 2.45) is 0 Å². The lowest BCUT2D eigenvalue weighted by Crippen LogP contribution is -2.18. The van der Waals surface area contributed by atoms with Crippen molar-refractivity contribution in [1.29, 1.82) is 0 Å². The molecule has 0 atom stereocenters. The van der Waals surface area contributed by atoms with Gasteiger partial charge in [0.1, 0.15) is 0 Å². The Kier molecular flexibility index (Phi) is 1.72. The SMILES string of the molecule is O=C1Cc2ccc(S(=O)(=O)Cl)cc21. The number of benzene rings is 1. The Balaban J connectivity index is 2.60. The Morgan fingerprint density at radius 1 is 1.31 bits per heavy atom. The first-order valence-corrected chi connectivity index (χ1v) is 5.90. The highest BCUT2D eigenvalue weighted by Crippen LogP contribution is 2.26. The number of carbonyl (C=O) groups excluding carboxylic acids is 1. The molecule has 0 aromatic heterocycles. The van der Waals surface area contributed by atoms with Crippen molar-refractivity contribution in [2.45, 2.75) is 11.3 Å². The normalized spacial score (nSPS) is 15.0. The van der Waals surface area contributed by atoms with E-state index in [2.05, 4.69) is 0 Å². The van der Waals surface area contributed by atoms with Crippen LogP contribution >= 0.6 is 10.7 Å². The fourth-order valence-corrected chi connectivity index (χ4v) is 2.06. The van der Waals surface area contributed by atoms with Crippen molar-refractivity contribution in [3.05, 3.63) is 29.3 Å². The third-order valence-corrected chi connectivity index (χ3v) is 3.37. The molecule has 68 valence electrons. The predicted molar refractivity (Wildman–Crippen MR) is 47.5 cm³/mol. The molecule has 1 aliphatic carbocycles. The molecule has 0 amide bonds. The topological polar surface area (TPSA) is 51.2 Å². The minimum atomic E-state index is -3.71. The van der Waals surface area contributed by atoms with Crippen molar-refractivity contribution >= 4 is 25.5 Å². The quantitative estimate of drug-likeness (QED) is 0.666. The van der Waals surface area contributed by atoms with Gasteiger partial charge in [0.05, 0.1) is 4.90 Å². The summed E-state index contributed by atoms with van der Waals surface area (Å²) in [6.07, 6.45) is 0.401. The fraction of sp³-hybridized carbons (Fsp3) is 0.125. The molecule has 1 aromatic carbocycles. The van der Waals surface area contributed by atoms with Crippen LogP contribution in [0.4, 0.5) is 0 Å². The van der Waals surface area contributed by atoms with Crippen molar-refractivity contribution in [1.82, 2.24) is 0 Å². The monoisotopic (exact) mass is 216 g/mol. The summed E-state index contributed by atoms with van der Waals surface area (Å²) in [7, 11) is 1.40. The molecule has 1 aliphatic rings. The second-order valence-electron chi connectivity index (χ2n) is 2.86. The van der Waals surface area contributed by atoms with Crippen LogP contribution in [0.2, 0.25) is 0 Å². The van der Waals surface area contributed by atoms with Gasteiger partial charge < -0.3 is 0 Å². The number of hydrogen-bond donors (Lipinski definition) is 0. The van der Waals surface area contributed by atoms with Crippen molar-refractivity contribution in [2.75, 3.05) is 0 Å². The summed E-state index contributed by atoms with van der Waals surface area (Å²) in [4.78, 5) is 11.0. The van der Waals surface area contributed by atoms with E-state index in [1.807, 2.05) is 0 Å². The second kappa shape index (κ2) is 2.56. The zero-order chi connectivity index (χ0) is 9.64. The molecule has 0 heterocycles. The zero-order valence-corrected chi connectivity index (χ0v) is 8.02. The maximum Gasteiger partial charge on any atom is 0.261 e. The van der Waals surface area contributed by atoms with Crippen LogP contribution in [0.5, 0.6) is 0 Å². The van der Waals surface area contributed by atoms with Gasteiger partial charge in [0, 0.05) is 22.7 Å². The lowest BCUT2D eigenvalue weighted by Gasteiger charge is -2.16. The lowest BCUT2D eigenvalue weighted by molar-refractivity contribution is 0.0967. The van der Waals surface area contributed by atoms with Gasteiger partial charge in [0.2, 0.25) is 0 Å². The van der Waals surface area contributed by atoms with Gasteiger partial charge in [-0.15, -0.1) is 0 Å². The number of carbonyl (C=O) groups is 1. The Morgan fingerprint density at radius 3 is 2.54 bits per heavy atom. The first-order chi connectivity index (χ1) is 5.98. The summed E-state index contributed by atoms with van der Waals surface area (Å²) < 4.78 is 21.8. The molecule has 1 aromatic rings. The number of ketones is 1. The van der Waals surface area contributed by atoms with E-state index >= 15 is 0 Å². The molecular formula is C8H5ClO3S.